The number of benzene rings is 1. The maximum absolute atomic E-state index is 4.52. The standard InChI is InChI=1S/C19H16N8S2/c1-20-16-5-6-17-23-24-19(27(17)25-16)28-12-3-4-14-13(11-12)15(7-8-21-14)29-18-22-9-10-26(18)2/h3-11H,1-2H3,(H,20,25). The normalized spacial score (nSPS) is 11.4. The molecule has 29 heavy (non-hydrogen) atoms. The van der Waals surface area contributed by atoms with Crippen LogP contribution in [0.5, 0.6) is 0 Å². The highest BCUT2D eigenvalue weighted by atomic mass is 32.2. The highest BCUT2D eigenvalue weighted by Gasteiger charge is 2.12. The van der Waals surface area contributed by atoms with Crippen molar-refractivity contribution in [2.45, 2.75) is 20.1 Å². The Kier molecular flexibility index (Phi) is 4.57. The fourth-order valence-corrected chi connectivity index (χ4v) is 4.62. The minimum Gasteiger partial charge on any atom is -0.372 e. The van der Waals surface area contributed by atoms with Crippen molar-refractivity contribution in [3.63, 3.8) is 0 Å². The molecule has 10 heteroatoms. The van der Waals surface area contributed by atoms with Crippen molar-refractivity contribution < 1.29 is 0 Å². The highest BCUT2D eigenvalue weighted by Crippen LogP contribution is 2.35. The minimum atomic E-state index is 0.707. The predicted molar refractivity (Wildman–Crippen MR) is 114 cm³/mol. The number of hydrogen-bond acceptors (Lipinski definition) is 8. The molecule has 144 valence electrons. The van der Waals surface area contributed by atoms with Crippen LogP contribution in [0.1, 0.15) is 0 Å². The van der Waals surface area contributed by atoms with E-state index in [1.54, 1.807) is 22.5 Å². The Morgan fingerprint density at radius 3 is 2.69 bits per heavy atom. The van der Waals surface area contributed by atoms with E-state index >= 15 is 0 Å². The zero-order chi connectivity index (χ0) is 19.8. The maximum Gasteiger partial charge on any atom is 0.217 e. The Bertz CT molecular complexity index is 1330. The van der Waals surface area contributed by atoms with Gasteiger partial charge in [-0.05, 0) is 48.2 Å². The largest absolute Gasteiger partial charge is 0.372 e. The molecule has 1 N–H and O–H groups in total. The number of aromatic nitrogens is 7. The van der Waals surface area contributed by atoms with Crippen LogP contribution in [0.2, 0.25) is 0 Å². The number of imidazole rings is 1. The SMILES string of the molecule is CNc1ccc2nnc(Sc3ccc4nccc(Sc5nccn5C)c4c3)n2n1. The molecule has 4 heterocycles. The average molecular weight is 421 g/mol. The van der Waals surface area contributed by atoms with Crippen LogP contribution in [-0.2, 0) is 7.05 Å². The van der Waals surface area contributed by atoms with Gasteiger partial charge in [0.05, 0.1) is 5.52 Å². The lowest BCUT2D eigenvalue weighted by Gasteiger charge is -2.07. The topological polar surface area (TPSA) is 85.8 Å². The summed E-state index contributed by atoms with van der Waals surface area (Å²) in [7, 11) is 3.82. The molecular weight excluding hydrogens is 404 g/mol. The number of anilines is 1. The van der Waals surface area contributed by atoms with Crippen molar-refractivity contribution >= 4 is 45.9 Å². The molecule has 0 aliphatic carbocycles. The molecule has 0 saturated heterocycles. The quantitative estimate of drug-likeness (QED) is 0.460. The van der Waals surface area contributed by atoms with E-state index < -0.39 is 0 Å². The maximum atomic E-state index is 4.52. The van der Waals surface area contributed by atoms with E-state index in [0.717, 1.165) is 31.7 Å². The predicted octanol–water partition coefficient (Wildman–Crippen LogP) is 3.75. The van der Waals surface area contributed by atoms with E-state index in [2.05, 4.69) is 36.6 Å². The van der Waals surface area contributed by atoms with Gasteiger partial charge in [-0.15, -0.1) is 15.3 Å². The molecule has 0 unspecified atom stereocenters. The van der Waals surface area contributed by atoms with Crippen LogP contribution in [-0.4, -0.2) is 41.4 Å². The molecule has 1 aromatic carbocycles. The highest BCUT2D eigenvalue weighted by molar-refractivity contribution is 7.99. The van der Waals surface area contributed by atoms with Crippen molar-refractivity contribution in [3.8, 4) is 0 Å². The fourth-order valence-electron chi connectivity index (χ4n) is 2.87. The van der Waals surface area contributed by atoms with Crippen molar-refractivity contribution in [2.75, 3.05) is 12.4 Å². The molecule has 0 amide bonds. The van der Waals surface area contributed by atoms with E-state index in [4.69, 9.17) is 0 Å². The molecule has 0 aliphatic heterocycles. The van der Waals surface area contributed by atoms with Gasteiger partial charge in [0.2, 0.25) is 5.16 Å². The van der Waals surface area contributed by atoms with Crippen LogP contribution >= 0.6 is 23.5 Å². The average Bonchev–Trinajstić information content (AvgIpc) is 3.34. The van der Waals surface area contributed by atoms with E-state index in [9.17, 15) is 0 Å². The van der Waals surface area contributed by atoms with Gasteiger partial charge in [-0.25, -0.2) is 4.98 Å². The van der Waals surface area contributed by atoms with Crippen LogP contribution in [0.4, 0.5) is 5.82 Å². The second-order valence-electron chi connectivity index (χ2n) is 6.23. The van der Waals surface area contributed by atoms with Crippen molar-refractivity contribution in [1.29, 1.82) is 0 Å². The lowest BCUT2D eigenvalue weighted by molar-refractivity contribution is 0.790. The second-order valence-corrected chi connectivity index (χ2v) is 8.28. The number of aryl methyl sites for hydroxylation is 1. The summed E-state index contributed by atoms with van der Waals surface area (Å²) in [5.41, 5.74) is 1.65. The third-order valence-electron chi connectivity index (χ3n) is 4.35. The molecule has 8 nitrogen and oxygen atoms in total. The van der Waals surface area contributed by atoms with Crippen molar-refractivity contribution in [1.82, 2.24) is 34.3 Å². The molecule has 5 rings (SSSR count). The summed E-state index contributed by atoms with van der Waals surface area (Å²) >= 11 is 3.14. The number of rotatable bonds is 5. The molecule has 0 spiro atoms. The summed E-state index contributed by atoms with van der Waals surface area (Å²) in [4.78, 5) is 11.1. The molecule has 0 radical (unpaired) electrons. The van der Waals surface area contributed by atoms with E-state index in [0.29, 0.717) is 10.8 Å². The van der Waals surface area contributed by atoms with Gasteiger partial charge in [-0.2, -0.15) is 4.52 Å². The third-order valence-corrected chi connectivity index (χ3v) is 6.43. The molecular formula is C19H16N8S2. The van der Waals surface area contributed by atoms with Crippen molar-refractivity contribution in [2.24, 2.45) is 7.05 Å². The summed E-state index contributed by atoms with van der Waals surface area (Å²) in [5.74, 6) is 0.760. The number of fused-ring (bicyclic) bond motifs is 2. The Labute approximate surface area is 174 Å². The van der Waals surface area contributed by atoms with E-state index in [1.165, 1.54) is 11.8 Å². The van der Waals surface area contributed by atoms with Crippen molar-refractivity contribution in [3.05, 3.63) is 55.0 Å². The van der Waals surface area contributed by atoms with Crippen LogP contribution in [0.15, 0.2) is 75.1 Å². The second kappa shape index (κ2) is 7.37. The first kappa shape index (κ1) is 18.0. The molecule has 0 atom stereocenters. The monoisotopic (exact) mass is 420 g/mol. The smallest absolute Gasteiger partial charge is 0.217 e. The Hall–Kier alpha value is -3.11. The summed E-state index contributed by atoms with van der Waals surface area (Å²) < 4.78 is 3.75. The lowest BCUT2D eigenvalue weighted by Crippen LogP contribution is -1.99. The van der Waals surface area contributed by atoms with Gasteiger partial charge in [0.25, 0.3) is 0 Å². The third kappa shape index (κ3) is 3.40. The first-order valence-corrected chi connectivity index (χ1v) is 10.5. The first-order chi connectivity index (χ1) is 14.2. The summed E-state index contributed by atoms with van der Waals surface area (Å²) in [6.45, 7) is 0. The van der Waals surface area contributed by atoms with Crippen LogP contribution < -0.4 is 5.32 Å². The Morgan fingerprint density at radius 2 is 1.86 bits per heavy atom. The summed E-state index contributed by atoms with van der Waals surface area (Å²) in [5, 5.41) is 18.8. The van der Waals surface area contributed by atoms with Gasteiger partial charge in [0, 0.05) is 47.9 Å². The van der Waals surface area contributed by atoms with Gasteiger partial charge in [-0.3, -0.25) is 4.98 Å². The van der Waals surface area contributed by atoms with Gasteiger partial charge >= 0.3 is 0 Å². The Morgan fingerprint density at radius 1 is 0.931 bits per heavy atom. The van der Waals surface area contributed by atoms with E-state index in [-0.39, 0.29) is 0 Å². The van der Waals surface area contributed by atoms with Gasteiger partial charge < -0.3 is 9.88 Å². The first-order valence-electron chi connectivity index (χ1n) is 8.83. The zero-order valence-corrected chi connectivity index (χ0v) is 17.3. The zero-order valence-electron chi connectivity index (χ0n) is 15.6. The summed E-state index contributed by atoms with van der Waals surface area (Å²) in [6.07, 6.45) is 5.57. The van der Waals surface area contributed by atoms with Gasteiger partial charge in [0.15, 0.2) is 10.8 Å². The number of pyridine rings is 1. The van der Waals surface area contributed by atoms with Gasteiger partial charge in [-0.1, -0.05) is 11.8 Å². The van der Waals surface area contributed by atoms with Crippen LogP contribution in [0.25, 0.3) is 16.6 Å². The number of hydrogen-bond donors (Lipinski definition) is 1. The number of nitrogens with zero attached hydrogens (tertiary/aromatic N) is 7. The minimum absolute atomic E-state index is 0.707. The fraction of sp³-hybridized carbons (Fsp3) is 0.105. The van der Waals surface area contributed by atoms with Gasteiger partial charge in [0.1, 0.15) is 5.82 Å². The molecule has 4 aromatic heterocycles. The molecule has 0 bridgehead atoms. The summed E-state index contributed by atoms with van der Waals surface area (Å²) in [6, 6.07) is 12.0. The molecule has 0 aliphatic rings. The van der Waals surface area contributed by atoms with Crippen LogP contribution in [0.3, 0.4) is 0 Å². The number of nitrogens with one attached hydrogen (secondary N) is 1. The van der Waals surface area contributed by atoms with E-state index in [1.807, 2.05) is 61.4 Å². The van der Waals surface area contributed by atoms with Crippen LogP contribution in [0, 0.1) is 0 Å². The molecule has 0 saturated carbocycles. The molecule has 0 fully saturated rings. The molecule has 5 aromatic rings. The lowest BCUT2D eigenvalue weighted by atomic mass is 10.2. The Balaban J connectivity index is 1.53.